The maximum absolute atomic E-state index is 12.9. The van der Waals surface area contributed by atoms with Gasteiger partial charge in [-0.3, -0.25) is 9.59 Å². The molecular weight excluding hydrogens is 468 g/mol. The van der Waals surface area contributed by atoms with Crippen LogP contribution in [-0.4, -0.2) is 20.1 Å². The minimum Gasteiger partial charge on any atom is -0.352 e. The Bertz CT molecular complexity index is 1290. The summed E-state index contributed by atoms with van der Waals surface area (Å²) in [5.41, 5.74) is 4.34. The summed E-state index contributed by atoms with van der Waals surface area (Å²) in [5.74, 6) is 0.364. The summed E-state index contributed by atoms with van der Waals surface area (Å²) < 4.78 is 4.15. The first-order chi connectivity index (χ1) is 15.4. The molecule has 2 heterocycles. The van der Waals surface area contributed by atoms with Crippen molar-refractivity contribution in [2.75, 3.05) is 0 Å². The Labute approximate surface area is 195 Å². The first-order valence-corrected chi connectivity index (χ1v) is 11.4. The number of hydrogen-bond donors (Lipinski definition) is 1. The average Bonchev–Trinajstić information content (AvgIpc) is 3.23. The minimum absolute atomic E-state index is 0.0980. The highest BCUT2D eigenvalue weighted by molar-refractivity contribution is 9.10. The number of rotatable bonds is 7. The Morgan fingerprint density at radius 1 is 1.06 bits per heavy atom. The second-order valence-corrected chi connectivity index (χ2v) is 9.00. The monoisotopic (exact) mass is 492 g/mol. The maximum atomic E-state index is 12.9. The van der Waals surface area contributed by atoms with Gasteiger partial charge in [-0.2, -0.15) is 5.10 Å². The number of aromatic nitrogens is 3. The van der Waals surface area contributed by atoms with Gasteiger partial charge in [0.2, 0.25) is 5.91 Å². The van der Waals surface area contributed by atoms with E-state index in [0.717, 1.165) is 21.3 Å². The molecule has 6 nitrogen and oxygen atoms in total. The second-order valence-electron chi connectivity index (χ2n) is 8.09. The van der Waals surface area contributed by atoms with E-state index >= 15 is 0 Å². The topological polar surface area (TPSA) is 68.4 Å². The van der Waals surface area contributed by atoms with Crippen molar-refractivity contribution in [1.29, 1.82) is 0 Å². The minimum atomic E-state index is -0.161. The first-order valence-electron chi connectivity index (χ1n) is 10.6. The molecular formula is C25H25BrN4O2. The molecule has 0 radical (unpaired) electrons. The number of nitrogens with zero attached hydrogens (tertiary/aromatic N) is 3. The second kappa shape index (κ2) is 9.53. The molecule has 2 aromatic carbocycles. The molecule has 0 saturated heterocycles. The lowest BCUT2D eigenvalue weighted by atomic mass is 10.0. The van der Waals surface area contributed by atoms with Crippen LogP contribution in [0.15, 0.2) is 76.3 Å². The highest BCUT2D eigenvalue weighted by Crippen LogP contribution is 2.22. The van der Waals surface area contributed by atoms with Crippen LogP contribution in [0.3, 0.4) is 0 Å². The zero-order chi connectivity index (χ0) is 22.7. The quantitative estimate of drug-likeness (QED) is 0.404. The molecule has 1 amide bonds. The van der Waals surface area contributed by atoms with Crippen molar-refractivity contribution >= 4 is 27.4 Å². The summed E-state index contributed by atoms with van der Waals surface area (Å²) in [7, 11) is 0. The van der Waals surface area contributed by atoms with Gasteiger partial charge < -0.3 is 9.88 Å². The molecule has 1 N–H and O–H groups in total. The molecule has 0 aliphatic carbocycles. The van der Waals surface area contributed by atoms with Crippen molar-refractivity contribution in [2.45, 2.75) is 39.3 Å². The Hall–Kier alpha value is -3.19. The van der Waals surface area contributed by atoms with Gasteiger partial charge in [0.15, 0.2) is 0 Å². The zero-order valence-electron chi connectivity index (χ0n) is 18.1. The van der Waals surface area contributed by atoms with Crippen molar-refractivity contribution in [3.05, 3.63) is 92.9 Å². The first kappa shape index (κ1) is 22.0. The summed E-state index contributed by atoms with van der Waals surface area (Å²) in [4.78, 5) is 25.1. The molecule has 0 fully saturated rings. The van der Waals surface area contributed by atoms with E-state index in [2.05, 4.69) is 52.3 Å². The highest BCUT2D eigenvalue weighted by Gasteiger charge is 2.11. The summed E-state index contributed by atoms with van der Waals surface area (Å²) in [5, 5.41) is 7.44. The number of nitrogens with one attached hydrogen (secondary N) is 1. The van der Waals surface area contributed by atoms with E-state index in [1.54, 1.807) is 27.5 Å². The van der Waals surface area contributed by atoms with Crippen LogP contribution in [0.4, 0.5) is 0 Å². The van der Waals surface area contributed by atoms with E-state index in [4.69, 9.17) is 0 Å². The van der Waals surface area contributed by atoms with Gasteiger partial charge in [-0.05, 0) is 35.2 Å². The van der Waals surface area contributed by atoms with Crippen molar-refractivity contribution in [2.24, 2.45) is 0 Å². The van der Waals surface area contributed by atoms with Gasteiger partial charge >= 0.3 is 0 Å². The third kappa shape index (κ3) is 4.99. The number of carbonyl (C=O) groups excluding carboxylic acids is 1. The lowest BCUT2D eigenvalue weighted by molar-refractivity contribution is -0.121. The van der Waals surface area contributed by atoms with Gasteiger partial charge in [-0.1, -0.05) is 66.2 Å². The summed E-state index contributed by atoms with van der Waals surface area (Å²) in [6, 6.07) is 17.8. The number of fused-ring (bicyclic) bond motifs is 1. The van der Waals surface area contributed by atoms with Gasteiger partial charge in [-0.25, -0.2) is 4.52 Å². The molecule has 0 aliphatic rings. The number of halogens is 1. The van der Waals surface area contributed by atoms with Gasteiger partial charge in [0, 0.05) is 41.9 Å². The van der Waals surface area contributed by atoms with E-state index < -0.39 is 0 Å². The number of aryl methyl sites for hydroxylation is 1. The summed E-state index contributed by atoms with van der Waals surface area (Å²) in [6.07, 6.45) is 3.66. The number of benzene rings is 2. The molecule has 164 valence electrons. The zero-order valence-corrected chi connectivity index (χ0v) is 19.7. The molecule has 0 atom stereocenters. The smallest absolute Gasteiger partial charge is 0.276 e. The molecule has 0 saturated carbocycles. The maximum Gasteiger partial charge on any atom is 0.276 e. The van der Waals surface area contributed by atoms with Crippen molar-refractivity contribution < 1.29 is 4.79 Å². The number of amides is 1. The van der Waals surface area contributed by atoms with Crippen LogP contribution in [0.1, 0.15) is 37.3 Å². The average molecular weight is 493 g/mol. The lowest BCUT2D eigenvalue weighted by Crippen LogP contribution is -2.27. The van der Waals surface area contributed by atoms with Gasteiger partial charge in [0.1, 0.15) is 5.52 Å². The Balaban J connectivity index is 1.43. The Kier molecular flexibility index (Phi) is 6.55. The van der Waals surface area contributed by atoms with Crippen LogP contribution >= 0.6 is 15.9 Å². The van der Waals surface area contributed by atoms with E-state index in [-0.39, 0.29) is 17.9 Å². The fourth-order valence-corrected chi connectivity index (χ4v) is 3.76. The molecule has 2 aromatic heterocycles. The Morgan fingerprint density at radius 2 is 1.78 bits per heavy atom. The van der Waals surface area contributed by atoms with Crippen molar-refractivity contribution in [3.63, 3.8) is 0 Å². The van der Waals surface area contributed by atoms with Crippen LogP contribution in [0.5, 0.6) is 0 Å². The van der Waals surface area contributed by atoms with Gasteiger partial charge in [-0.15, -0.1) is 0 Å². The lowest BCUT2D eigenvalue weighted by Gasteiger charge is -2.08. The van der Waals surface area contributed by atoms with Crippen LogP contribution < -0.4 is 10.9 Å². The van der Waals surface area contributed by atoms with Crippen molar-refractivity contribution in [1.82, 2.24) is 19.5 Å². The standard InChI is InChI=1S/C25H25BrN4O2/c1-17(2)19-5-7-20(8-6-19)22-15-23-25(32)29(13-14-30(23)28-22)12-11-24(31)27-16-18-3-9-21(26)10-4-18/h3-10,13-15,17H,11-12,16H2,1-2H3,(H,27,31). The van der Waals surface area contributed by atoms with Crippen LogP contribution in [0.25, 0.3) is 16.8 Å². The molecule has 0 aliphatic heterocycles. The predicted molar refractivity (Wildman–Crippen MR) is 130 cm³/mol. The third-order valence-corrected chi connectivity index (χ3v) is 5.99. The molecule has 4 aromatic rings. The van der Waals surface area contributed by atoms with E-state index in [1.807, 2.05) is 36.4 Å². The number of hydrogen-bond acceptors (Lipinski definition) is 3. The molecule has 4 rings (SSSR count). The Morgan fingerprint density at radius 3 is 2.47 bits per heavy atom. The third-order valence-electron chi connectivity index (χ3n) is 5.46. The van der Waals surface area contributed by atoms with Crippen LogP contribution in [0.2, 0.25) is 0 Å². The van der Waals surface area contributed by atoms with E-state index in [0.29, 0.717) is 24.5 Å². The molecule has 0 bridgehead atoms. The fraction of sp³-hybridized carbons (Fsp3) is 0.240. The largest absolute Gasteiger partial charge is 0.352 e. The van der Waals surface area contributed by atoms with Crippen LogP contribution in [0, 0.1) is 0 Å². The highest BCUT2D eigenvalue weighted by atomic mass is 79.9. The van der Waals surface area contributed by atoms with Gasteiger partial charge in [0.25, 0.3) is 5.56 Å². The van der Waals surface area contributed by atoms with Crippen LogP contribution in [-0.2, 0) is 17.9 Å². The molecule has 0 unspecified atom stereocenters. The summed E-state index contributed by atoms with van der Waals surface area (Å²) in [6.45, 7) is 5.08. The van der Waals surface area contributed by atoms with Gasteiger partial charge in [0.05, 0.1) is 5.69 Å². The molecule has 32 heavy (non-hydrogen) atoms. The fourth-order valence-electron chi connectivity index (χ4n) is 3.50. The number of carbonyl (C=O) groups is 1. The molecule has 7 heteroatoms. The van der Waals surface area contributed by atoms with E-state index in [1.165, 1.54) is 5.56 Å². The predicted octanol–water partition coefficient (Wildman–Crippen LogP) is 4.76. The molecule has 0 spiro atoms. The normalized spacial score (nSPS) is 11.2. The summed E-state index contributed by atoms with van der Waals surface area (Å²) >= 11 is 3.40. The SMILES string of the molecule is CC(C)c1ccc(-c2cc3c(=O)n(CCC(=O)NCc4ccc(Br)cc4)ccn3n2)cc1. The van der Waals surface area contributed by atoms with Crippen molar-refractivity contribution in [3.8, 4) is 11.3 Å². The van der Waals surface area contributed by atoms with E-state index in [9.17, 15) is 9.59 Å².